The molecule has 2 aromatic heterocycles. The summed E-state index contributed by atoms with van der Waals surface area (Å²) in [7, 11) is 1.66. The highest BCUT2D eigenvalue weighted by molar-refractivity contribution is 5.88. The van der Waals surface area contributed by atoms with Crippen LogP contribution in [-0.2, 0) is 9.59 Å². The smallest absolute Gasteiger partial charge is 0.303 e. The molecule has 1 fully saturated rings. The molecule has 0 unspecified atom stereocenters. The van der Waals surface area contributed by atoms with Gasteiger partial charge in [0.2, 0.25) is 5.91 Å². The molecule has 0 radical (unpaired) electrons. The van der Waals surface area contributed by atoms with Gasteiger partial charge >= 0.3 is 5.97 Å². The molecule has 30 heavy (non-hydrogen) atoms. The summed E-state index contributed by atoms with van der Waals surface area (Å²) in [6.07, 6.45) is 2.31. The molecular weight excluding hydrogens is 384 g/mol. The van der Waals surface area contributed by atoms with E-state index in [0.717, 1.165) is 22.4 Å². The molecule has 8 nitrogen and oxygen atoms in total. The molecule has 3 rings (SSSR count). The van der Waals surface area contributed by atoms with Crippen LogP contribution in [0, 0.1) is 12.3 Å². The Morgan fingerprint density at radius 3 is 2.70 bits per heavy atom. The van der Waals surface area contributed by atoms with Gasteiger partial charge in [-0.05, 0) is 37.0 Å². The summed E-state index contributed by atoms with van der Waals surface area (Å²) in [6.45, 7) is 6.70. The largest absolute Gasteiger partial charge is 0.481 e. The second kappa shape index (κ2) is 8.18. The first kappa shape index (κ1) is 22.0. The molecule has 0 spiro atoms. The van der Waals surface area contributed by atoms with Gasteiger partial charge in [0.25, 0.3) is 0 Å². The number of aliphatic carboxylic acids is 1. The number of fused-ring (bicyclic) bond motifs is 1. The van der Waals surface area contributed by atoms with Crippen LogP contribution in [-0.4, -0.2) is 69.2 Å². The van der Waals surface area contributed by atoms with Crippen LogP contribution in [0.1, 0.15) is 38.8 Å². The molecule has 1 amide bonds. The lowest BCUT2D eigenvalue weighted by Crippen LogP contribution is -2.46. The summed E-state index contributed by atoms with van der Waals surface area (Å²) < 4.78 is 0. The number of carbonyl (C=O) groups is 2. The number of hydrogen-bond acceptors (Lipinski definition) is 6. The highest BCUT2D eigenvalue weighted by Crippen LogP contribution is 2.32. The number of carboxylic acids is 1. The molecule has 0 bridgehead atoms. The van der Waals surface area contributed by atoms with Crippen molar-refractivity contribution in [2.24, 2.45) is 5.41 Å². The minimum atomic E-state index is -1.04. The van der Waals surface area contributed by atoms with Gasteiger partial charge in [-0.1, -0.05) is 13.8 Å². The highest BCUT2D eigenvalue weighted by Gasteiger charge is 2.39. The first-order valence-electron chi connectivity index (χ1n) is 10.1. The fraction of sp³-hybridized carbons (Fsp3) is 0.545. The molecule has 2 aromatic rings. The summed E-state index contributed by atoms with van der Waals surface area (Å²) in [5.74, 6) is -1.09. The lowest BCUT2D eigenvalue weighted by Gasteiger charge is -2.31. The molecular formula is C22H30N4O4. The zero-order valence-corrected chi connectivity index (χ0v) is 18.1. The number of aryl methyl sites for hydroxylation is 1. The average Bonchev–Trinajstić information content (AvgIpc) is 3.01. The minimum absolute atomic E-state index is 0.0772. The number of carboxylic acid groups (broad SMARTS) is 1. The van der Waals surface area contributed by atoms with E-state index in [1.54, 1.807) is 27.1 Å². The van der Waals surface area contributed by atoms with Crippen LogP contribution in [0.2, 0.25) is 0 Å². The Morgan fingerprint density at radius 1 is 1.27 bits per heavy atom. The van der Waals surface area contributed by atoms with Gasteiger partial charge < -0.3 is 20.0 Å². The normalized spacial score (nSPS) is 19.3. The molecule has 0 saturated carbocycles. The Kier molecular flexibility index (Phi) is 5.99. The van der Waals surface area contributed by atoms with Gasteiger partial charge in [0, 0.05) is 38.4 Å². The molecule has 8 heteroatoms. The number of pyridine rings is 2. The Labute approximate surface area is 176 Å². The quantitative estimate of drug-likeness (QED) is 0.715. The molecule has 1 saturated heterocycles. The highest BCUT2D eigenvalue weighted by atomic mass is 16.4. The third kappa shape index (κ3) is 5.05. The Morgan fingerprint density at radius 2 is 2.00 bits per heavy atom. The molecule has 162 valence electrons. The van der Waals surface area contributed by atoms with E-state index in [1.165, 1.54) is 4.90 Å². The number of amides is 1. The number of nitrogens with zero attached hydrogens (tertiary/aromatic N) is 4. The van der Waals surface area contributed by atoms with Crippen molar-refractivity contribution in [1.29, 1.82) is 0 Å². The molecule has 0 aliphatic carbocycles. The molecule has 1 aliphatic rings. The zero-order valence-electron chi connectivity index (χ0n) is 18.1. The Bertz CT molecular complexity index is 961. The van der Waals surface area contributed by atoms with E-state index in [9.17, 15) is 14.7 Å². The van der Waals surface area contributed by atoms with Crippen LogP contribution in [0.25, 0.3) is 11.0 Å². The number of carbonyl (C=O) groups excluding carboxylic acids is 1. The first-order valence-corrected chi connectivity index (χ1v) is 10.1. The summed E-state index contributed by atoms with van der Waals surface area (Å²) in [5, 5.41) is 20.2. The van der Waals surface area contributed by atoms with Crippen LogP contribution in [0.5, 0.6) is 0 Å². The predicted octanol–water partition coefficient (Wildman–Crippen LogP) is 2.23. The summed E-state index contributed by atoms with van der Waals surface area (Å²) in [6, 6.07) is 5.77. The minimum Gasteiger partial charge on any atom is -0.481 e. The van der Waals surface area contributed by atoms with E-state index in [2.05, 4.69) is 14.9 Å². The van der Waals surface area contributed by atoms with Gasteiger partial charge in [-0.25, -0.2) is 4.98 Å². The summed E-state index contributed by atoms with van der Waals surface area (Å²) >= 11 is 0. The maximum absolute atomic E-state index is 12.6. The second-order valence-electron chi connectivity index (χ2n) is 9.21. The topological polar surface area (TPSA) is 107 Å². The van der Waals surface area contributed by atoms with Crippen molar-refractivity contribution >= 4 is 28.6 Å². The lowest BCUT2D eigenvalue weighted by atomic mass is 9.85. The standard InChI is InChI=1S/C22H30N4O4/c1-15-5-6-16-20(24-15)17(7-9-23-16)26-10-8-22(30,14-26)13-25(4)18(27)11-21(2,3)12-19(28)29/h5-7,9,30H,8,10-14H2,1-4H3,(H,28,29)/t22-/m1/s1. The van der Waals surface area contributed by atoms with Crippen LogP contribution >= 0.6 is 0 Å². The van der Waals surface area contributed by atoms with E-state index in [0.29, 0.717) is 19.5 Å². The number of β-amino-alcohol motifs (C(OH)–C–C–N with tert-alkyl or cyclic N) is 1. The fourth-order valence-electron chi connectivity index (χ4n) is 4.10. The number of hydrogen-bond donors (Lipinski definition) is 2. The zero-order chi connectivity index (χ0) is 22.1. The average molecular weight is 415 g/mol. The summed E-state index contributed by atoms with van der Waals surface area (Å²) in [5.41, 5.74) is 1.77. The van der Waals surface area contributed by atoms with E-state index in [-0.39, 0.29) is 25.3 Å². The van der Waals surface area contributed by atoms with Gasteiger partial charge in [0.1, 0.15) is 11.1 Å². The Balaban J connectivity index is 1.69. The van der Waals surface area contributed by atoms with Gasteiger partial charge in [0.05, 0.1) is 24.2 Å². The number of aliphatic hydroxyl groups is 1. The van der Waals surface area contributed by atoms with E-state index >= 15 is 0 Å². The maximum atomic E-state index is 12.6. The van der Waals surface area contributed by atoms with Gasteiger partial charge in [0.15, 0.2) is 0 Å². The predicted molar refractivity (Wildman–Crippen MR) is 114 cm³/mol. The molecule has 2 N–H and O–H groups in total. The summed E-state index contributed by atoms with van der Waals surface area (Å²) in [4.78, 5) is 36.2. The van der Waals surface area contributed by atoms with Crippen molar-refractivity contribution in [2.45, 2.75) is 45.6 Å². The van der Waals surface area contributed by atoms with Gasteiger partial charge in [-0.3, -0.25) is 14.6 Å². The molecule has 0 aromatic carbocycles. The lowest BCUT2D eigenvalue weighted by molar-refractivity contribution is -0.141. The van der Waals surface area contributed by atoms with Gasteiger partial charge in [-0.2, -0.15) is 0 Å². The first-order chi connectivity index (χ1) is 14.0. The maximum Gasteiger partial charge on any atom is 0.303 e. The van der Waals surface area contributed by atoms with Gasteiger partial charge in [-0.15, -0.1) is 0 Å². The third-order valence-corrected chi connectivity index (χ3v) is 5.59. The fourth-order valence-corrected chi connectivity index (χ4v) is 4.10. The van der Waals surface area contributed by atoms with E-state index in [1.807, 2.05) is 25.1 Å². The van der Waals surface area contributed by atoms with Crippen molar-refractivity contribution in [3.05, 3.63) is 30.1 Å². The molecule has 3 heterocycles. The van der Waals surface area contributed by atoms with E-state index < -0.39 is 17.0 Å². The van der Waals surface area contributed by atoms with Crippen molar-refractivity contribution in [3.63, 3.8) is 0 Å². The molecule has 1 atom stereocenters. The van der Waals surface area contributed by atoms with Crippen LogP contribution in [0.3, 0.4) is 0 Å². The van der Waals surface area contributed by atoms with Crippen LogP contribution < -0.4 is 4.90 Å². The van der Waals surface area contributed by atoms with E-state index in [4.69, 9.17) is 5.11 Å². The second-order valence-corrected chi connectivity index (χ2v) is 9.21. The number of anilines is 1. The third-order valence-electron chi connectivity index (χ3n) is 5.59. The van der Waals surface area contributed by atoms with Crippen molar-refractivity contribution in [3.8, 4) is 0 Å². The monoisotopic (exact) mass is 414 g/mol. The van der Waals surface area contributed by atoms with Crippen LogP contribution in [0.4, 0.5) is 5.69 Å². The van der Waals surface area contributed by atoms with Crippen molar-refractivity contribution in [1.82, 2.24) is 14.9 Å². The van der Waals surface area contributed by atoms with Crippen molar-refractivity contribution in [2.75, 3.05) is 31.6 Å². The Hall–Kier alpha value is -2.74. The number of likely N-dealkylation sites (N-methyl/N-ethyl adjacent to an activating group) is 1. The van der Waals surface area contributed by atoms with Crippen molar-refractivity contribution < 1.29 is 19.8 Å². The molecule has 1 aliphatic heterocycles. The SMILES string of the molecule is Cc1ccc2nccc(N3CC[C@@](O)(CN(C)C(=O)CC(C)(C)CC(=O)O)C3)c2n1. The number of rotatable bonds is 7. The van der Waals surface area contributed by atoms with Crippen LogP contribution in [0.15, 0.2) is 24.4 Å². The number of aromatic nitrogens is 2.